The molecule has 1 aliphatic heterocycles. The fourth-order valence-electron chi connectivity index (χ4n) is 2.14. The molecular formula is C11H16ClN3O. The van der Waals surface area contributed by atoms with Gasteiger partial charge in [-0.05, 0) is 12.8 Å². The number of rotatable bonds is 2. The largest absolute Gasteiger partial charge is 0.396 e. The number of halogens is 1. The second-order valence-electron chi connectivity index (χ2n) is 4.42. The first kappa shape index (κ1) is 11.6. The number of aliphatic hydroxyl groups is 1. The molecule has 88 valence electrons. The molecule has 16 heavy (non-hydrogen) atoms. The quantitative estimate of drug-likeness (QED) is 0.798. The minimum Gasteiger partial charge on any atom is -0.396 e. The molecule has 0 amide bonds. The van der Waals surface area contributed by atoms with Crippen molar-refractivity contribution in [3.63, 3.8) is 0 Å². The maximum Gasteiger partial charge on any atom is 0.134 e. The van der Waals surface area contributed by atoms with Crippen LogP contribution in [0.1, 0.15) is 12.7 Å². The number of aromatic nitrogens is 2. The molecule has 1 aliphatic rings. The first-order chi connectivity index (χ1) is 7.60. The van der Waals surface area contributed by atoms with Crippen molar-refractivity contribution in [1.82, 2.24) is 9.97 Å². The van der Waals surface area contributed by atoms with E-state index in [0.29, 0.717) is 22.8 Å². The molecule has 1 saturated heterocycles. The number of hydrogen-bond donors (Lipinski definition) is 1. The zero-order chi connectivity index (χ0) is 11.7. The average Bonchev–Trinajstić information content (AvgIpc) is 2.58. The van der Waals surface area contributed by atoms with Crippen LogP contribution in [0.5, 0.6) is 0 Å². The van der Waals surface area contributed by atoms with E-state index >= 15 is 0 Å². The summed E-state index contributed by atoms with van der Waals surface area (Å²) in [6, 6.07) is 1.78. The number of aliphatic hydroxyl groups excluding tert-OH is 1. The summed E-state index contributed by atoms with van der Waals surface area (Å²) in [4.78, 5) is 10.6. The minimum absolute atomic E-state index is 0.232. The Morgan fingerprint density at radius 2 is 2.25 bits per heavy atom. The lowest BCUT2D eigenvalue weighted by Crippen LogP contribution is -2.22. The van der Waals surface area contributed by atoms with Crippen LogP contribution in [0, 0.1) is 18.8 Å². The van der Waals surface area contributed by atoms with Gasteiger partial charge in [-0.3, -0.25) is 0 Å². The fraction of sp³-hybridized carbons (Fsp3) is 0.636. The van der Waals surface area contributed by atoms with Gasteiger partial charge < -0.3 is 10.0 Å². The van der Waals surface area contributed by atoms with Gasteiger partial charge in [-0.1, -0.05) is 18.5 Å². The Bertz CT molecular complexity index is 365. The molecule has 1 fully saturated rings. The fourth-order valence-corrected chi connectivity index (χ4v) is 2.36. The highest BCUT2D eigenvalue weighted by molar-refractivity contribution is 6.29. The van der Waals surface area contributed by atoms with E-state index in [1.165, 1.54) is 0 Å². The number of hydrogen-bond acceptors (Lipinski definition) is 4. The van der Waals surface area contributed by atoms with Crippen molar-refractivity contribution < 1.29 is 5.11 Å². The third-order valence-corrected chi connectivity index (χ3v) is 3.31. The summed E-state index contributed by atoms with van der Waals surface area (Å²) in [5.74, 6) is 2.36. The lowest BCUT2D eigenvalue weighted by molar-refractivity contribution is 0.212. The van der Waals surface area contributed by atoms with Gasteiger partial charge in [0.1, 0.15) is 16.8 Å². The second-order valence-corrected chi connectivity index (χ2v) is 4.81. The van der Waals surface area contributed by atoms with Gasteiger partial charge in [0.2, 0.25) is 0 Å². The van der Waals surface area contributed by atoms with Crippen molar-refractivity contribution in [2.75, 3.05) is 24.6 Å². The number of anilines is 1. The first-order valence-electron chi connectivity index (χ1n) is 5.47. The van der Waals surface area contributed by atoms with Crippen LogP contribution in [0.2, 0.25) is 5.15 Å². The molecule has 0 aliphatic carbocycles. The van der Waals surface area contributed by atoms with Crippen LogP contribution in [-0.2, 0) is 0 Å². The van der Waals surface area contributed by atoms with Crippen molar-refractivity contribution >= 4 is 17.4 Å². The van der Waals surface area contributed by atoms with Crippen molar-refractivity contribution in [3.05, 3.63) is 17.0 Å². The van der Waals surface area contributed by atoms with Gasteiger partial charge in [0.15, 0.2) is 0 Å². The summed E-state index contributed by atoms with van der Waals surface area (Å²) in [6.07, 6.45) is 0. The Labute approximate surface area is 100 Å². The summed E-state index contributed by atoms with van der Waals surface area (Å²) in [5, 5.41) is 9.70. The van der Waals surface area contributed by atoms with E-state index in [1.807, 2.05) is 6.92 Å². The molecule has 0 unspecified atom stereocenters. The highest BCUT2D eigenvalue weighted by Gasteiger charge is 2.29. The smallest absolute Gasteiger partial charge is 0.134 e. The molecule has 2 rings (SSSR count). The van der Waals surface area contributed by atoms with E-state index in [9.17, 15) is 5.11 Å². The third-order valence-electron chi connectivity index (χ3n) is 3.12. The van der Waals surface area contributed by atoms with E-state index in [1.54, 1.807) is 6.07 Å². The maximum atomic E-state index is 9.22. The van der Waals surface area contributed by atoms with Crippen LogP contribution in [-0.4, -0.2) is 34.8 Å². The zero-order valence-corrected chi connectivity index (χ0v) is 10.3. The van der Waals surface area contributed by atoms with E-state index in [2.05, 4.69) is 21.8 Å². The van der Waals surface area contributed by atoms with Crippen LogP contribution in [0.3, 0.4) is 0 Å². The molecule has 0 spiro atoms. The van der Waals surface area contributed by atoms with Crippen molar-refractivity contribution in [3.8, 4) is 0 Å². The highest BCUT2D eigenvalue weighted by Crippen LogP contribution is 2.27. The van der Waals surface area contributed by atoms with Gasteiger partial charge in [0, 0.05) is 31.7 Å². The van der Waals surface area contributed by atoms with Gasteiger partial charge >= 0.3 is 0 Å². The van der Waals surface area contributed by atoms with Gasteiger partial charge in [0.05, 0.1) is 0 Å². The lowest BCUT2D eigenvalue weighted by Gasteiger charge is -2.17. The van der Waals surface area contributed by atoms with Gasteiger partial charge in [0.25, 0.3) is 0 Å². The molecule has 1 aromatic rings. The molecule has 1 N–H and O–H groups in total. The molecule has 4 nitrogen and oxygen atoms in total. The molecule has 0 bridgehead atoms. The molecule has 2 heterocycles. The van der Waals surface area contributed by atoms with E-state index in [-0.39, 0.29) is 6.61 Å². The molecular weight excluding hydrogens is 226 g/mol. The Balaban J connectivity index is 2.19. The maximum absolute atomic E-state index is 9.22. The van der Waals surface area contributed by atoms with Gasteiger partial charge in [-0.2, -0.15) is 0 Å². The molecule has 0 aromatic carbocycles. The number of nitrogens with zero attached hydrogens (tertiary/aromatic N) is 3. The van der Waals surface area contributed by atoms with Crippen LogP contribution in [0.4, 0.5) is 5.82 Å². The number of aryl methyl sites for hydroxylation is 1. The van der Waals surface area contributed by atoms with Gasteiger partial charge in [-0.15, -0.1) is 0 Å². The average molecular weight is 242 g/mol. The van der Waals surface area contributed by atoms with E-state index < -0.39 is 0 Å². The normalized spacial score (nSPS) is 25.1. The monoisotopic (exact) mass is 241 g/mol. The summed E-state index contributed by atoms with van der Waals surface area (Å²) in [5.41, 5.74) is 0. The molecule has 0 radical (unpaired) electrons. The Morgan fingerprint density at radius 3 is 2.81 bits per heavy atom. The Kier molecular flexibility index (Phi) is 3.30. The standard InChI is InChI=1S/C11H16ClN3O/c1-7-4-15(5-9(7)6-16)11-3-10(12)13-8(2)14-11/h3,7,9,16H,4-6H2,1-2H3/t7-,9+/m0/s1. The van der Waals surface area contributed by atoms with Crippen LogP contribution >= 0.6 is 11.6 Å². The van der Waals surface area contributed by atoms with E-state index in [0.717, 1.165) is 18.9 Å². The van der Waals surface area contributed by atoms with Gasteiger partial charge in [-0.25, -0.2) is 9.97 Å². The Hall–Kier alpha value is -0.870. The minimum atomic E-state index is 0.232. The van der Waals surface area contributed by atoms with Crippen LogP contribution < -0.4 is 4.90 Å². The second kappa shape index (κ2) is 4.55. The summed E-state index contributed by atoms with van der Waals surface area (Å²) >= 11 is 5.91. The molecule has 2 atom stereocenters. The summed E-state index contributed by atoms with van der Waals surface area (Å²) in [6.45, 7) is 5.97. The third kappa shape index (κ3) is 2.28. The first-order valence-corrected chi connectivity index (χ1v) is 5.85. The topological polar surface area (TPSA) is 49.2 Å². The molecule has 0 saturated carbocycles. The highest BCUT2D eigenvalue weighted by atomic mass is 35.5. The molecule has 1 aromatic heterocycles. The van der Waals surface area contributed by atoms with Crippen LogP contribution in [0.25, 0.3) is 0 Å². The SMILES string of the molecule is Cc1nc(Cl)cc(N2C[C@H](CO)[C@@H](C)C2)n1. The predicted molar refractivity (Wildman–Crippen MR) is 63.7 cm³/mol. The van der Waals surface area contributed by atoms with Crippen molar-refractivity contribution in [2.45, 2.75) is 13.8 Å². The lowest BCUT2D eigenvalue weighted by atomic mass is 10.00. The summed E-state index contributed by atoms with van der Waals surface area (Å²) in [7, 11) is 0. The predicted octanol–water partition coefficient (Wildman–Crippen LogP) is 1.50. The van der Waals surface area contributed by atoms with Crippen molar-refractivity contribution in [1.29, 1.82) is 0 Å². The summed E-state index contributed by atoms with van der Waals surface area (Å²) < 4.78 is 0. The Morgan fingerprint density at radius 1 is 1.50 bits per heavy atom. The van der Waals surface area contributed by atoms with Crippen molar-refractivity contribution in [2.24, 2.45) is 11.8 Å². The van der Waals surface area contributed by atoms with E-state index in [4.69, 9.17) is 11.6 Å². The van der Waals surface area contributed by atoms with Crippen LogP contribution in [0.15, 0.2) is 6.07 Å². The molecule has 5 heteroatoms. The zero-order valence-electron chi connectivity index (χ0n) is 9.52.